The Balaban J connectivity index is 4.63. The smallest absolute Gasteiger partial charge is 0.462 e. The summed E-state index contributed by atoms with van der Waals surface area (Å²) < 4.78 is 39.6. The number of phosphoric ester groups is 1. The van der Waals surface area contributed by atoms with E-state index in [0.717, 1.165) is 77.0 Å². The fourth-order valence-corrected chi connectivity index (χ4v) is 10.1. The average Bonchev–Trinajstić information content (AvgIpc) is 3.39. The zero-order valence-corrected chi connectivity index (χ0v) is 49.5. The zero-order chi connectivity index (χ0) is 54.1. The molecule has 12 heteroatoms. The van der Waals surface area contributed by atoms with Gasteiger partial charge in [-0.2, -0.15) is 0 Å². The summed E-state index contributed by atoms with van der Waals surface area (Å²) in [6.45, 7) is 4.70. The van der Waals surface area contributed by atoms with Crippen molar-refractivity contribution in [2.75, 3.05) is 26.4 Å². The summed E-state index contributed by atoms with van der Waals surface area (Å²) in [5, 5.41) is 9.82. The van der Waals surface area contributed by atoms with Crippen molar-refractivity contribution in [2.24, 2.45) is 0 Å². The van der Waals surface area contributed by atoms with E-state index in [1.165, 1.54) is 193 Å². The number of aliphatic hydroxyl groups is 1. The molecule has 0 aromatic rings. The molecule has 0 aliphatic rings. The van der Waals surface area contributed by atoms with Crippen molar-refractivity contribution in [3.05, 3.63) is 12.2 Å². The number of unbranched alkanes of at least 4 members (excludes halogenated alkanes) is 41. The summed E-state index contributed by atoms with van der Waals surface area (Å²) in [7, 11) is -4.74. The highest BCUT2D eigenvalue weighted by Gasteiger charge is 2.28. The van der Waals surface area contributed by atoms with Gasteiger partial charge in [-0.1, -0.05) is 277 Å². The Morgan fingerprint density at radius 3 is 0.946 bits per heavy atom. The van der Waals surface area contributed by atoms with E-state index in [0.29, 0.717) is 19.3 Å². The number of allylic oxidation sites excluding steroid dienone is 2. The average molecular weight is 1070 g/mol. The molecule has 0 aliphatic carbocycles. The minimum Gasteiger partial charge on any atom is -0.462 e. The van der Waals surface area contributed by atoms with Crippen LogP contribution in [0.1, 0.15) is 329 Å². The van der Waals surface area contributed by atoms with Crippen LogP contribution in [0.25, 0.3) is 0 Å². The molecule has 0 aliphatic heterocycles. The lowest BCUT2D eigenvalue weighted by Gasteiger charge is -2.21. The third-order valence-electron chi connectivity index (χ3n) is 14.2. The number of hydrogen-bond donors (Lipinski definition) is 2. The molecule has 438 valence electrons. The van der Waals surface area contributed by atoms with E-state index in [2.05, 4.69) is 32.9 Å². The maximum atomic E-state index is 12.9. The molecule has 3 unspecified atom stereocenters. The molecule has 0 saturated carbocycles. The van der Waals surface area contributed by atoms with Crippen molar-refractivity contribution < 1.29 is 52.2 Å². The third kappa shape index (κ3) is 55.0. The molecule has 74 heavy (non-hydrogen) atoms. The molecule has 2 N–H and O–H groups in total. The Labute approximate surface area is 456 Å². The van der Waals surface area contributed by atoms with Gasteiger partial charge in [0.25, 0.3) is 0 Å². The highest BCUT2D eigenvalue weighted by Crippen LogP contribution is 2.43. The lowest BCUT2D eigenvalue weighted by atomic mass is 10.0. The van der Waals surface area contributed by atoms with Gasteiger partial charge in [0.1, 0.15) is 12.7 Å². The summed E-state index contributed by atoms with van der Waals surface area (Å²) >= 11 is 0. The van der Waals surface area contributed by atoms with Gasteiger partial charge >= 0.3 is 25.7 Å². The summed E-state index contributed by atoms with van der Waals surface area (Å²) in [4.78, 5) is 48.6. The minimum absolute atomic E-state index is 0.173. The monoisotopic (exact) mass is 1070 g/mol. The Morgan fingerprint density at radius 2 is 0.622 bits per heavy atom. The summed E-state index contributed by atoms with van der Waals surface area (Å²) in [5.41, 5.74) is 0. The molecule has 0 spiro atoms. The van der Waals surface area contributed by atoms with Crippen molar-refractivity contribution in [1.29, 1.82) is 0 Å². The molecule has 11 nitrogen and oxygen atoms in total. The van der Waals surface area contributed by atoms with Crippen LogP contribution in [0.4, 0.5) is 0 Å². The van der Waals surface area contributed by atoms with E-state index in [9.17, 15) is 28.9 Å². The second-order valence-electron chi connectivity index (χ2n) is 21.6. The van der Waals surface area contributed by atoms with E-state index in [4.69, 9.17) is 23.3 Å². The Hall–Kier alpha value is -1.78. The maximum Gasteiger partial charge on any atom is 0.472 e. The second kappa shape index (κ2) is 57.4. The molecule has 0 fully saturated rings. The van der Waals surface area contributed by atoms with Crippen molar-refractivity contribution in [3.8, 4) is 0 Å². The van der Waals surface area contributed by atoms with Crippen molar-refractivity contribution in [1.82, 2.24) is 0 Å². The number of carbonyl (C=O) groups is 3. The fourth-order valence-electron chi connectivity index (χ4n) is 9.35. The number of phosphoric acid groups is 1. The first-order valence-electron chi connectivity index (χ1n) is 31.6. The number of esters is 3. The molecule has 0 saturated heterocycles. The maximum absolute atomic E-state index is 12.9. The van der Waals surface area contributed by atoms with E-state index < -0.39 is 57.8 Å². The van der Waals surface area contributed by atoms with Crippen LogP contribution < -0.4 is 0 Å². The molecule has 0 heterocycles. The molecule has 0 aromatic carbocycles. The summed E-state index contributed by atoms with van der Waals surface area (Å²) in [5.74, 6) is -1.44. The fraction of sp³-hybridized carbons (Fsp3) is 0.919. The predicted octanol–water partition coefficient (Wildman–Crippen LogP) is 18.8. The number of hydrogen-bond acceptors (Lipinski definition) is 10. The van der Waals surface area contributed by atoms with Crippen LogP contribution in [-0.2, 0) is 42.2 Å². The molecule has 0 aromatic heterocycles. The third-order valence-corrected chi connectivity index (χ3v) is 15.1. The largest absolute Gasteiger partial charge is 0.472 e. The Bertz CT molecular complexity index is 1290. The first kappa shape index (κ1) is 72.2. The molecule has 0 bridgehead atoms. The van der Waals surface area contributed by atoms with Crippen LogP contribution in [0, 0.1) is 0 Å². The molecule has 0 rings (SSSR count). The zero-order valence-electron chi connectivity index (χ0n) is 48.6. The first-order valence-corrected chi connectivity index (χ1v) is 33.1. The number of aliphatic hydroxyl groups excluding tert-OH is 1. The van der Waals surface area contributed by atoms with Gasteiger partial charge in [-0.25, -0.2) is 4.57 Å². The lowest BCUT2D eigenvalue weighted by molar-refractivity contribution is -0.161. The van der Waals surface area contributed by atoms with Crippen molar-refractivity contribution in [2.45, 2.75) is 341 Å². The highest BCUT2D eigenvalue weighted by atomic mass is 31.2. The van der Waals surface area contributed by atoms with Gasteiger partial charge in [0.05, 0.1) is 19.8 Å². The van der Waals surface area contributed by atoms with Crippen LogP contribution in [-0.4, -0.2) is 66.5 Å². The number of carbonyl (C=O) groups excluding carboxylic acids is 3. The van der Waals surface area contributed by atoms with Gasteiger partial charge < -0.3 is 24.2 Å². The van der Waals surface area contributed by atoms with Crippen LogP contribution >= 0.6 is 7.82 Å². The molecule has 0 amide bonds. The molecule has 3 atom stereocenters. The lowest BCUT2D eigenvalue weighted by Crippen LogP contribution is -2.30. The molecular formula is C62H119O11P. The standard InChI is InChI=1S/C62H119O11P/c1-4-7-10-13-16-19-22-25-27-28-29-30-32-34-36-39-42-45-48-51-60(64)69-55-59(73-62(66)53-50-47-44-41-38-35-31-26-23-20-17-14-11-8-5-2)57-71-74(67,68)70-56-58(54-63)72-61(65)52-49-46-43-40-37-33-24-21-18-15-12-9-6-3/h21,24,58-59,63H,4-20,22-23,25-57H2,1-3H3,(H,67,68)/b24-21-. The molecule has 0 radical (unpaired) electrons. The van der Waals surface area contributed by atoms with Gasteiger partial charge in [0.15, 0.2) is 6.10 Å². The number of ether oxygens (including phenoxy) is 3. The normalized spacial score (nSPS) is 13.3. The first-order chi connectivity index (χ1) is 36.2. The van der Waals surface area contributed by atoms with Gasteiger partial charge in [-0.05, 0) is 44.9 Å². The summed E-state index contributed by atoms with van der Waals surface area (Å²) in [6, 6.07) is 0. The summed E-state index contributed by atoms with van der Waals surface area (Å²) in [6.07, 6.45) is 57.4. The second-order valence-corrected chi connectivity index (χ2v) is 23.0. The topological polar surface area (TPSA) is 155 Å². The van der Waals surface area contributed by atoms with Crippen LogP contribution in [0.5, 0.6) is 0 Å². The molecular weight excluding hydrogens is 952 g/mol. The quantitative estimate of drug-likeness (QED) is 0.0197. The van der Waals surface area contributed by atoms with Crippen LogP contribution in [0.3, 0.4) is 0 Å². The number of rotatable bonds is 60. The SMILES string of the molecule is CCCCCC/C=C\CCCCCCCC(=O)OC(CO)COP(=O)(O)OCC(COC(=O)CCCCCCCCCCCCCCCCCCCCC)OC(=O)CCCCCCCCCCCCCCCCC. The van der Waals surface area contributed by atoms with E-state index in [1.54, 1.807) is 0 Å². The van der Waals surface area contributed by atoms with Gasteiger partial charge in [0, 0.05) is 19.3 Å². The predicted molar refractivity (Wildman–Crippen MR) is 307 cm³/mol. The van der Waals surface area contributed by atoms with Gasteiger partial charge in [-0.15, -0.1) is 0 Å². The van der Waals surface area contributed by atoms with Crippen LogP contribution in [0.2, 0.25) is 0 Å². The highest BCUT2D eigenvalue weighted by molar-refractivity contribution is 7.47. The van der Waals surface area contributed by atoms with Gasteiger partial charge in [-0.3, -0.25) is 23.4 Å². The van der Waals surface area contributed by atoms with Crippen molar-refractivity contribution >= 4 is 25.7 Å². The van der Waals surface area contributed by atoms with E-state index >= 15 is 0 Å². The minimum atomic E-state index is -4.74. The Morgan fingerprint density at radius 1 is 0.365 bits per heavy atom. The van der Waals surface area contributed by atoms with E-state index in [-0.39, 0.29) is 25.9 Å². The van der Waals surface area contributed by atoms with Gasteiger partial charge in [0.2, 0.25) is 0 Å². The van der Waals surface area contributed by atoms with Crippen molar-refractivity contribution in [3.63, 3.8) is 0 Å². The Kier molecular flexibility index (Phi) is 56.0. The van der Waals surface area contributed by atoms with E-state index in [1.807, 2.05) is 0 Å². The van der Waals surface area contributed by atoms with Crippen LogP contribution in [0.15, 0.2) is 12.2 Å².